The maximum Gasteiger partial charge on any atom is 0.416 e. The zero-order valence-corrected chi connectivity index (χ0v) is 15.5. The summed E-state index contributed by atoms with van der Waals surface area (Å²) in [5, 5.41) is 12.0. The van der Waals surface area contributed by atoms with Crippen molar-refractivity contribution in [3.8, 4) is 11.5 Å². The second-order valence-electron chi connectivity index (χ2n) is 6.62. The Morgan fingerprint density at radius 2 is 1.96 bits per heavy atom. The molecule has 5 nitrogen and oxygen atoms in total. The number of aromatic nitrogens is 2. The van der Waals surface area contributed by atoms with Gasteiger partial charge in [-0.1, -0.05) is 0 Å². The van der Waals surface area contributed by atoms with Crippen molar-refractivity contribution in [1.82, 2.24) is 15.1 Å². The van der Waals surface area contributed by atoms with Crippen LogP contribution in [-0.2, 0) is 6.18 Å². The molecule has 0 spiro atoms. The summed E-state index contributed by atoms with van der Waals surface area (Å²) in [4.78, 5) is 14.3. The van der Waals surface area contributed by atoms with Crippen molar-refractivity contribution in [2.45, 2.75) is 24.9 Å². The van der Waals surface area contributed by atoms with Crippen LogP contribution in [0.3, 0.4) is 0 Å². The first-order valence-corrected chi connectivity index (χ1v) is 9.68. The Balaban J connectivity index is 1.47. The Bertz CT molecular complexity index is 952. The van der Waals surface area contributed by atoms with E-state index in [2.05, 4.69) is 10.2 Å². The summed E-state index contributed by atoms with van der Waals surface area (Å²) in [7, 11) is 0. The van der Waals surface area contributed by atoms with E-state index in [0.29, 0.717) is 24.9 Å². The maximum absolute atomic E-state index is 12.7. The van der Waals surface area contributed by atoms with Crippen molar-refractivity contribution in [1.29, 1.82) is 0 Å². The van der Waals surface area contributed by atoms with E-state index in [0.717, 1.165) is 30.5 Å². The van der Waals surface area contributed by atoms with Crippen LogP contribution < -0.4 is 0 Å². The Morgan fingerprint density at radius 1 is 1.18 bits per heavy atom. The molecule has 3 aromatic rings. The number of halogens is 3. The van der Waals surface area contributed by atoms with Gasteiger partial charge in [0.1, 0.15) is 0 Å². The molecule has 146 valence electrons. The van der Waals surface area contributed by atoms with Gasteiger partial charge >= 0.3 is 6.18 Å². The first-order valence-electron chi connectivity index (χ1n) is 8.74. The Hall–Kier alpha value is -2.68. The second kappa shape index (κ2) is 7.38. The standard InChI is InChI=1S/C19H16F3N3O2S/c20-19(21,22)15-5-3-12(4-6-15)18(26)25-8-1-2-13(10-25)16-23-24-17(27-16)14-7-9-28-11-14/h3-7,9,11,13H,1-2,8,10H2. The third-order valence-electron chi connectivity index (χ3n) is 4.73. The van der Waals surface area contributed by atoms with Crippen molar-refractivity contribution in [2.24, 2.45) is 0 Å². The second-order valence-corrected chi connectivity index (χ2v) is 7.40. The normalized spacial score (nSPS) is 17.7. The lowest BCUT2D eigenvalue weighted by Gasteiger charge is -2.31. The summed E-state index contributed by atoms with van der Waals surface area (Å²) >= 11 is 1.53. The van der Waals surface area contributed by atoms with E-state index in [1.807, 2.05) is 16.8 Å². The number of carbonyl (C=O) groups is 1. The van der Waals surface area contributed by atoms with Crippen LogP contribution in [0.5, 0.6) is 0 Å². The number of rotatable bonds is 3. The number of alkyl halides is 3. The van der Waals surface area contributed by atoms with Gasteiger partial charge in [-0.25, -0.2) is 0 Å². The molecule has 3 heterocycles. The number of thiophene rings is 1. The number of amides is 1. The quantitative estimate of drug-likeness (QED) is 0.624. The molecule has 1 atom stereocenters. The molecule has 28 heavy (non-hydrogen) atoms. The van der Waals surface area contributed by atoms with Gasteiger partial charge in [0, 0.05) is 29.6 Å². The van der Waals surface area contributed by atoms with E-state index in [1.54, 1.807) is 4.90 Å². The van der Waals surface area contributed by atoms with E-state index in [-0.39, 0.29) is 17.4 Å². The molecule has 1 fully saturated rings. The van der Waals surface area contributed by atoms with Crippen molar-refractivity contribution in [3.05, 3.63) is 58.1 Å². The molecule has 1 amide bonds. The van der Waals surface area contributed by atoms with Gasteiger partial charge in [0.25, 0.3) is 5.91 Å². The van der Waals surface area contributed by atoms with E-state index >= 15 is 0 Å². The highest BCUT2D eigenvalue weighted by Gasteiger charge is 2.32. The average Bonchev–Trinajstić information content (AvgIpc) is 3.38. The molecular weight excluding hydrogens is 391 g/mol. The van der Waals surface area contributed by atoms with Crippen LogP contribution in [0, 0.1) is 0 Å². The highest BCUT2D eigenvalue weighted by atomic mass is 32.1. The minimum absolute atomic E-state index is 0.0907. The fourth-order valence-corrected chi connectivity index (χ4v) is 3.88. The summed E-state index contributed by atoms with van der Waals surface area (Å²) < 4.78 is 43.9. The van der Waals surface area contributed by atoms with Gasteiger partial charge in [0.15, 0.2) is 0 Å². The third kappa shape index (κ3) is 3.80. The molecule has 1 saturated heterocycles. The molecule has 2 aromatic heterocycles. The SMILES string of the molecule is O=C(c1ccc(C(F)(F)F)cc1)N1CCCC(c2nnc(-c3ccsc3)o2)C1. The van der Waals surface area contributed by atoms with Crippen LogP contribution in [0.4, 0.5) is 13.2 Å². The molecule has 1 aromatic carbocycles. The summed E-state index contributed by atoms with van der Waals surface area (Å²) in [5.41, 5.74) is 0.322. The number of carbonyl (C=O) groups excluding carboxylic acids is 1. The summed E-state index contributed by atoms with van der Waals surface area (Å²) in [6, 6.07) is 6.19. The van der Waals surface area contributed by atoms with Crippen molar-refractivity contribution >= 4 is 17.2 Å². The van der Waals surface area contributed by atoms with Crippen LogP contribution in [-0.4, -0.2) is 34.1 Å². The van der Waals surface area contributed by atoms with Crippen LogP contribution in [0.2, 0.25) is 0 Å². The fraction of sp³-hybridized carbons (Fsp3) is 0.316. The molecule has 0 aliphatic carbocycles. The van der Waals surface area contributed by atoms with Crippen molar-refractivity contribution in [2.75, 3.05) is 13.1 Å². The third-order valence-corrected chi connectivity index (χ3v) is 5.41. The average molecular weight is 407 g/mol. The van der Waals surface area contributed by atoms with Gasteiger partial charge < -0.3 is 9.32 Å². The van der Waals surface area contributed by atoms with Crippen LogP contribution >= 0.6 is 11.3 Å². The van der Waals surface area contributed by atoms with Gasteiger partial charge in [-0.15, -0.1) is 10.2 Å². The summed E-state index contributed by atoms with van der Waals surface area (Å²) in [6.45, 7) is 0.938. The molecule has 1 aliphatic rings. The van der Waals surface area contributed by atoms with Gasteiger partial charge in [-0.3, -0.25) is 4.79 Å². The lowest BCUT2D eigenvalue weighted by Crippen LogP contribution is -2.39. The predicted molar refractivity (Wildman–Crippen MR) is 96.9 cm³/mol. The number of hydrogen-bond acceptors (Lipinski definition) is 5. The molecule has 1 aliphatic heterocycles. The molecule has 0 radical (unpaired) electrons. The number of nitrogens with zero attached hydrogens (tertiary/aromatic N) is 3. The lowest BCUT2D eigenvalue weighted by atomic mass is 9.97. The molecule has 1 unspecified atom stereocenters. The number of hydrogen-bond donors (Lipinski definition) is 0. The van der Waals surface area contributed by atoms with E-state index in [1.165, 1.54) is 23.5 Å². The first kappa shape index (κ1) is 18.7. The Labute approximate surface area is 162 Å². The van der Waals surface area contributed by atoms with Gasteiger partial charge in [0.05, 0.1) is 11.5 Å². The highest BCUT2D eigenvalue weighted by Crippen LogP contribution is 2.31. The Morgan fingerprint density at radius 3 is 2.64 bits per heavy atom. The molecule has 4 rings (SSSR count). The first-order chi connectivity index (χ1) is 13.4. The number of likely N-dealkylation sites (tertiary alicyclic amines) is 1. The van der Waals surface area contributed by atoms with E-state index < -0.39 is 11.7 Å². The topological polar surface area (TPSA) is 59.2 Å². The summed E-state index contributed by atoms with van der Waals surface area (Å²) in [6.07, 6.45) is -2.86. The zero-order chi connectivity index (χ0) is 19.7. The lowest BCUT2D eigenvalue weighted by molar-refractivity contribution is -0.137. The Kier molecular flexibility index (Phi) is 4.92. The van der Waals surface area contributed by atoms with Gasteiger partial charge in [0.2, 0.25) is 11.8 Å². The molecule has 0 bridgehead atoms. The largest absolute Gasteiger partial charge is 0.420 e. The van der Waals surface area contributed by atoms with Crippen LogP contribution in [0.15, 0.2) is 45.5 Å². The fourth-order valence-electron chi connectivity index (χ4n) is 3.25. The van der Waals surface area contributed by atoms with Crippen molar-refractivity contribution < 1.29 is 22.4 Å². The molecule has 0 saturated carbocycles. The molecule has 0 N–H and O–H groups in total. The van der Waals surface area contributed by atoms with Gasteiger partial charge in [-0.05, 0) is 48.6 Å². The minimum Gasteiger partial charge on any atom is -0.420 e. The van der Waals surface area contributed by atoms with E-state index in [9.17, 15) is 18.0 Å². The predicted octanol–water partition coefficient (Wildman–Crippen LogP) is 4.84. The smallest absolute Gasteiger partial charge is 0.416 e. The molecular formula is C19H16F3N3O2S. The summed E-state index contributed by atoms with van der Waals surface area (Å²) in [5.74, 6) is 0.539. The van der Waals surface area contributed by atoms with E-state index in [4.69, 9.17) is 4.42 Å². The molecule has 9 heteroatoms. The number of benzene rings is 1. The van der Waals surface area contributed by atoms with Crippen LogP contribution in [0.1, 0.15) is 40.6 Å². The van der Waals surface area contributed by atoms with Gasteiger partial charge in [-0.2, -0.15) is 24.5 Å². The zero-order valence-electron chi connectivity index (χ0n) is 14.6. The number of piperidine rings is 1. The monoisotopic (exact) mass is 407 g/mol. The maximum atomic E-state index is 12.7. The minimum atomic E-state index is -4.42. The van der Waals surface area contributed by atoms with Crippen molar-refractivity contribution in [3.63, 3.8) is 0 Å². The van der Waals surface area contributed by atoms with Crippen LogP contribution in [0.25, 0.3) is 11.5 Å². The highest BCUT2D eigenvalue weighted by molar-refractivity contribution is 7.08.